The molecule has 0 bridgehead atoms. The second kappa shape index (κ2) is 3.74. The minimum absolute atomic E-state index is 0.139. The van der Waals surface area contributed by atoms with Gasteiger partial charge in [0.1, 0.15) is 0 Å². The van der Waals surface area contributed by atoms with Gasteiger partial charge < -0.3 is 11.5 Å². The van der Waals surface area contributed by atoms with Crippen molar-refractivity contribution in [2.24, 2.45) is 5.73 Å². The number of nitrogens with two attached hydrogens (primary N) is 2. The highest BCUT2D eigenvalue weighted by atomic mass is 79.9. The number of hydrogen-bond acceptors (Lipinski definition) is 2. The van der Waals surface area contributed by atoms with E-state index in [1.807, 2.05) is 18.2 Å². The van der Waals surface area contributed by atoms with Crippen LogP contribution in [-0.4, -0.2) is 0 Å². The molecule has 2 nitrogen and oxygen atoms in total. The Balaban J connectivity index is 3.09. The third-order valence-corrected chi connectivity index (χ3v) is 2.32. The van der Waals surface area contributed by atoms with Crippen molar-refractivity contribution in [3.8, 4) is 0 Å². The van der Waals surface area contributed by atoms with E-state index in [9.17, 15) is 0 Å². The average molecular weight is 227 g/mol. The molecule has 0 radical (unpaired) electrons. The van der Waals surface area contributed by atoms with E-state index < -0.39 is 0 Å². The molecule has 0 aliphatic heterocycles. The number of rotatable bonds is 2. The summed E-state index contributed by atoms with van der Waals surface area (Å²) in [6.07, 6.45) is 1.69. The molecule has 1 rings (SSSR count). The Morgan fingerprint density at radius 3 is 2.67 bits per heavy atom. The predicted octanol–water partition coefficient (Wildman–Crippen LogP) is 2.22. The largest absolute Gasteiger partial charge is 0.399 e. The van der Waals surface area contributed by atoms with Crippen LogP contribution in [0.15, 0.2) is 35.3 Å². The van der Waals surface area contributed by atoms with Crippen LogP contribution < -0.4 is 11.5 Å². The molecular formula is C9H11BrN2. The van der Waals surface area contributed by atoms with Gasteiger partial charge in [-0.15, -0.1) is 6.58 Å². The maximum absolute atomic E-state index is 5.76. The molecule has 12 heavy (non-hydrogen) atoms. The van der Waals surface area contributed by atoms with Gasteiger partial charge in [-0.3, -0.25) is 0 Å². The lowest BCUT2D eigenvalue weighted by Gasteiger charge is -2.09. The molecule has 3 heteroatoms. The zero-order chi connectivity index (χ0) is 9.14. The van der Waals surface area contributed by atoms with E-state index in [0.29, 0.717) is 0 Å². The summed E-state index contributed by atoms with van der Waals surface area (Å²) in [5.74, 6) is 0. The summed E-state index contributed by atoms with van der Waals surface area (Å²) in [6.45, 7) is 3.62. The fraction of sp³-hybridized carbons (Fsp3) is 0.111. The van der Waals surface area contributed by atoms with Crippen molar-refractivity contribution in [2.75, 3.05) is 5.73 Å². The quantitative estimate of drug-likeness (QED) is 0.601. The molecule has 0 aliphatic rings. The van der Waals surface area contributed by atoms with E-state index in [0.717, 1.165) is 15.7 Å². The van der Waals surface area contributed by atoms with E-state index in [2.05, 4.69) is 22.5 Å². The van der Waals surface area contributed by atoms with Gasteiger partial charge >= 0.3 is 0 Å². The van der Waals surface area contributed by atoms with Crippen LogP contribution in [0.2, 0.25) is 0 Å². The summed E-state index contributed by atoms with van der Waals surface area (Å²) < 4.78 is 0.926. The van der Waals surface area contributed by atoms with Crippen LogP contribution in [0, 0.1) is 0 Å². The fourth-order valence-corrected chi connectivity index (χ4v) is 1.60. The van der Waals surface area contributed by atoms with Gasteiger partial charge in [0, 0.05) is 16.2 Å². The molecule has 1 aromatic carbocycles. The Bertz CT molecular complexity index is 297. The van der Waals surface area contributed by atoms with Gasteiger partial charge in [0.25, 0.3) is 0 Å². The van der Waals surface area contributed by atoms with Gasteiger partial charge in [-0.2, -0.15) is 0 Å². The lowest BCUT2D eigenvalue weighted by molar-refractivity contribution is 0.908. The van der Waals surface area contributed by atoms with Crippen molar-refractivity contribution in [1.29, 1.82) is 0 Å². The molecule has 4 N–H and O–H groups in total. The van der Waals surface area contributed by atoms with E-state index >= 15 is 0 Å². The van der Waals surface area contributed by atoms with E-state index in [-0.39, 0.29) is 6.04 Å². The van der Waals surface area contributed by atoms with Gasteiger partial charge in [-0.25, -0.2) is 0 Å². The SMILES string of the molecule is C=CC(N)c1ccc(N)cc1Br. The molecule has 0 spiro atoms. The molecule has 0 heterocycles. The molecular weight excluding hydrogens is 216 g/mol. The number of nitrogen functional groups attached to an aromatic ring is 1. The summed E-state index contributed by atoms with van der Waals surface area (Å²) in [6, 6.07) is 5.41. The predicted molar refractivity (Wildman–Crippen MR) is 55.7 cm³/mol. The first kappa shape index (κ1) is 9.29. The third-order valence-electron chi connectivity index (χ3n) is 1.64. The Morgan fingerprint density at radius 1 is 1.50 bits per heavy atom. The summed E-state index contributed by atoms with van der Waals surface area (Å²) in [4.78, 5) is 0. The zero-order valence-electron chi connectivity index (χ0n) is 6.63. The molecule has 64 valence electrons. The van der Waals surface area contributed by atoms with E-state index in [4.69, 9.17) is 11.5 Å². The van der Waals surface area contributed by atoms with Crippen molar-refractivity contribution in [1.82, 2.24) is 0 Å². The first-order valence-electron chi connectivity index (χ1n) is 3.58. The van der Waals surface area contributed by atoms with Crippen LogP contribution in [0.3, 0.4) is 0 Å². The first-order chi connectivity index (χ1) is 5.65. The minimum atomic E-state index is -0.139. The molecule has 1 unspecified atom stereocenters. The normalized spacial score (nSPS) is 12.5. The molecule has 0 aliphatic carbocycles. The van der Waals surface area contributed by atoms with Gasteiger partial charge in [-0.05, 0) is 17.7 Å². The molecule has 1 aromatic rings. The standard InChI is InChI=1S/C9H11BrN2/c1-2-9(12)7-4-3-6(11)5-8(7)10/h2-5,9H,1,11-12H2. The monoisotopic (exact) mass is 226 g/mol. The summed E-state index contributed by atoms with van der Waals surface area (Å²) in [7, 11) is 0. The van der Waals surface area contributed by atoms with Crippen molar-refractivity contribution >= 4 is 21.6 Å². The van der Waals surface area contributed by atoms with E-state index in [1.165, 1.54) is 0 Å². The number of benzene rings is 1. The summed E-state index contributed by atoms with van der Waals surface area (Å²) >= 11 is 3.38. The van der Waals surface area contributed by atoms with Gasteiger partial charge in [0.2, 0.25) is 0 Å². The second-order valence-electron chi connectivity index (χ2n) is 2.54. The van der Waals surface area contributed by atoms with Gasteiger partial charge in [0.15, 0.2) is 0 Å². The van der Waals surface area contributed by atoms with Crippen LogP contribution in [0.4, 0.5) is 5.69 Å². The molecule has 1 atom stereocenters. The number of anilines is 1. The Kier molecular flexibility index (Phi) is 2.89. The fourth-order valence-electron chi connectivity index (χ4n) is 0.941. The molecule has 0 fully saturated rings. The number of hydrogen-bond donors (Lipinski definition) is 2. The molecule has 0 aromatic heterocycles. The molecule has 0 saturated heterocycles. The molecule has 0 amide bonds. The Labute approximate surface area is 80.4 Å². The van der Waals surface area contributed by atoms with Crippen LogP contribution in [0.25, 0.3) is 0 Å². The maximum atomic E-state index is 5.76. The maximum Gasteiger partial charge on any atom is 0.0489 e. The number of halogens is 1. The van der Waals surface area contributed by atoms with Crippen molar-refractivity contribution in [2.45, 2.75) is 6.04 Å². The van der Waals surface area contributed by atoms with Crippen LogP contribution in [0.1, 0.15) is 11.6 Å². The topological polar surface area (TPSA) is 52.0 Å². The highest BCUT2D eigenvalue weighted by Gasteiger charge is 2.05. The minimum Gasteiger partial charge on any atom is -0.399 e. The molecule has 0 saturated carbocycles. The van der Waals surface area contributed by atoms with Crippen molar-refractivity contribution in [3.05, 3.63) is 40.9 Å². The van der Waals surface area contributed by atoms with E-state index in [1.54, 1.807) is 6.08 Å². The van der Waals surface area contributed by atoms with Crippen LogP contribution in [-0.2, 0) is 0 Å². The third kappa shape index (κ3) is 1.87. The Morgan fingerprint density at radius 2 is 2.17 bits per heavy atom. The summed E-state index contributed by atoms with van der Waals surface area (Å²) in [5, 5.41) is 0. The van der Waals surface area contributed by atoms with Gasteiger partial charge in [0.05, 0.1) is 0 Å². The first-order valence-corrected chi connectivity index (χ1v) is 4.37. The smallest absolute Gasteiger partial charge is 0.0489 e. The van der Waals surface area contributed by atoms with Gasteiger partial charge in [-0.1, -0.05) is 28.1 Å². The highest BCUT2D eigenvalue weighted by Crippen LogP contribution is 2.24. The van der Waals surface area contributed by atoms with Crippen molar-refractivity contribution in [3.63, 3.8) is 0 Å². The lowest BCUT2D eigenvalue weighted by Crippen LogP contribution is -2.07. The second-order valence-corrected chi connectivity index (χ2v) is 3.40. The average Bonchev–Trinajstić information content (AvgIpc) is 2.03. The van der Waals surface area contributed by atoms with Crippen molar-refractivity contribution < 1.29 is 0 Å². The van der Waals surface area contributed by atoms with Crippen LogP contribution in [0.5, 0.6) is 0 Å². The van der Waals surface area contributed by atoms with Crippen LogP contribution >= 0.6 is 15.9 Å². The zero-order valence-corrected chi connectivity index (χ0v) is 8.21. The highest BCUT2D eigenvalue weighted by molar-refractivity contribution is 9.10. The summed E-state index contributed by atoms with van der Waals surface area (Å²) in [5.41, 5.74) is 13.1. The Hall–Kier alpha value is -0.800. The lowest BCUT2D eigenvalue weighted by atomic mass is 10.1.